The van der Waals surface area contributed by atoms with Crippen molar-refractivity contribution in [2.45, 2.75) is 20.0 Å². The summed E-state index contributed by atoms with van der Waals surface area (Å²) in [6.07, 6.45) is 0.794. The highest BCUT2D eigenvalue weighted by atomic mass is 127. The first-order valence-corrected chi connectivity index (χ1v) is 9.17. The van der Waals surface area contributed by atoms with Crippen LogP contribution in [-0.2, 0) is 9.63 Å². The molecule has 0 spiro atoms. The first-order valence-electron chi connectivity index (χ1n) is 8.10. The Morgan fingerprint density at radius 3 is 2.62 bits per heavy atom. The monoisotopic (exact) mass is 468 g/mol. The van der Waals surface area contributed by atoms with Crippen LogP contribution in [0.3, 0.4) is 0 Å². The van der Waals surface area contributed by atoms with Crippen molar-refractivity contribution in [1.82, 2.24) is 0 Å². The number of hydrogen-bond donors (Lipinski definition) is 1. The van der Waals surface area contributed by atoms with Gasteiger partial charge in [0.1, 0.15) is 0 Å². The van der Waals surface area contributed by atoms with Crippen LogP contribution in [0.2, 0.25) is 0 Å². The van der Waals surface area contributed by atoms with Crippen molar-refractivity contribution in [3.8, 4) is 11.5 Å². The second kappa shape index (κ2) is 10.0. The van der Waals surface area contributed by atoms with Crippen LogP contribution in [0, 0.1) is 3.57 Å². The molecule has 2 rings (SSSR count). The fourth-order valence-electron chi connectivity index (χ4n) is 2.05. The minimum absolute atomic E-state index is 0.271. The Kier molecular flexibility index (Phi) is 7.71. The lowest BCUT2D eigenvalue weighted by atomic mass is 10.2. The molecule has 138 valence electrons. The Morgan fingerprint density at radius 2 is 1.96 bits per heavy atom. The lowest BCUT2D eigenvalue weighted by Gasteiger charge is -2.11. The molecule has 2 aromatic carbocycles. The molecule has 0 fully saturated rings. The van der Waals surface area contributed by atoms with E-state index in [-0.39, 0.29) is 5.91 Å². The van der Waals surface area contributed by atoms with E-state index < -0.39 is 6.10 Å². The average Bonchev–Trinajstić information content (AvgIpc) is 2.64. The summed E-state index contributed by atoms with van der Waals surface area (Å²) in [5, 5.41) is 6.67. The standard InChI is InChI=1S/C19H21IN2O4/c1-4-25-17-10-5-14(11-18(17)24-3)12-21-26-13(2)19(23)22-16-8-6-15(20)7-9-16/h5-13H,4H2,1-3H3,(H,22,23)/b21-12+. The number of oxime groups is 1. The largest absolute Gasteiger partial charge is 0.493 e. The van der Waals surface area contributed by atoms with Crippen LogP contribution in [-0.4, -0.2) is 31.9 Å². The van der Waals surface area contributed by atoms with Gasteiger partial charge in [-0.1, -0.05) is 5.16 Å². The molecule has 0 saturated heterocycles. The molecule has 1 atom stereocenters. The van der Waals surface area contributed by atoms with E-state index in [0.717, 1.165) is 9.13 Å². The summed E-state index contributed by atoms with van der Waals surface area (Å²) in [5.74, 6) is 1.01. The van der Waals surface area contributed by atoms with Crippen LogP contribution in [0.5, 0.6) is 11.5 Å². The van der Waals surface area contributed by atoms with E-state index in [1.165, 1.54) is 6.21 Å². The van der Waals surface area contributed by atoms with Gasteiger partial charge in [0.15, 0.2) is 11.5 Å². The third-order valence-electron chi connectivity index (χ3n) is 3.39. The number of anilines is 1. The number of nitrogens with zero attached hydrogens (tertiary/aromatic N) is 1. The van der Waals surface area contributed by atoms with Crippen molar-refractivity contribution < 1.29 is 19.1 Å². The summed E-state index contributed by atoms with van der Waals surface area (Å²) in [6.45, 7) is 4.10. The van der Waals surface area contributed by atoms with Gasteiger partial charge in [-0.05, 0) is 78.9 Å². The highest BCUT2D eigenvalue weighted by molar-refractivity contribution is 14.1. The molecule has 0 saturated carbocycles. The van der Waals surface area contributed by atoms with E-state index in [4.69, 9.17) is 14.3 Å². The molecule has 0 radical (unpaired) electrons. The van der Waals surface area contributed by atoms with Crippen molar-refractivity contribution in [2.75, 3.05) is 19.0 Å². The predicted molar refractivity (Wildman–Crippen MR) is 110 cm³/mol. The molecule has 1 unspecified atom stereocenters. The van der Waals surface area contributed by atoms with Crippen molar-refractivity contribution in [2.24, 2.45) is 5.16 Å². The molecule has 7 heteroatoms. The fraction of sp³-hybridized carbons (Fsp3) is 0.263. The zero-order valence-electron chi connectivity index (χ0n) is 14.9. The predicted octanol–water partition coefficient (Wildman–Crippen LogP) is 4.08. The second-order valence-corrected chi connectivity index (χ2v) is 6.57. The first-order chi connectivity index (χ1) is 12.5. The molecule has 1 N–H and O–H groups in total. The Hall–Kier alpha value is -2.29. The van der Waals surface area contributed by atoms with Gasteiger partial charge in [0, 0.05) is 14.8 Å². The molecule has 2 aromatic rings. The summed E-state index contributed by atoms with van der Waals surface area (Å²) in [5.41, 5.74) is 1.49. The van der Waals surface area contributed by atoms with Crippen LogP contribution in [0.15, 0.2) is 47.6 Å². The number of carbonyl (C=O) groups is 1. The number of carbonyl (C=O) groups excluding carboxylic acids is 1. The van der Waals surface area contributed by atoms with Crippen molar-refractivity contribution in [3.05, 3.63) is 51.6 Å². The highest BCUT2D eigenvalue weighted by Gasteiger charge is 2.14. The van der Waals surface area contributed by atoms with Crippen LogP contribution in [0.25, 0.3) is 0 Å². The lowest BCUT2D eigenvalue weighted by Crippen LogP contribution is -2.26. The van der Waals surface area contributed by atoms with E-state index in [2.05, 4.69) is 33.1 Å². The van der Waals surface area contributed by atoms with Crippen molar-refractivity contribution in [3.63, 3.8) is 0 Å². The Bertz CT molecular complexity index is 763. The van der Waals surface area contributed by atoms with Crippen LogP contribution in [0.4, 0.5) is 5.69 Å². The van der Waals surface area contributed by atoms with E-state index in [0.29, 0.717) is 23.8 Å². The van der Waals surface area contributed by atoms with Crippen LogP contribution < -0.4 is 14.8 Å². The summed E-state index contributed by atoms with van der Waals surface area (Å²) in [6, 6.07) is 12.9. The zero-order chi connectivity index (χ0) is 18.9. The van der Waals surface area contributed by atoms with E-state index in [9.17, 15) is 4.79 Å². The maximum Gasteiger partial charge on any atom is 0.267 e. The van der Waals surface area contributed by atoms with Gasteiger partial charge in [0.05, 0.1) is 19.9 Å². The molecule has 0 aromatic heterocycles. The number of nitrogens with one attached hydrogen (secondary N) is 1. The molecule has 6 nitrogen and oxygen atoms in total. The number of halogens is 1. The van der Waals surface area contributed by atoms with Gasteiger partial charge >= 0.3 is 0 Å². The van der Waals surface area contributed by atoms with Gasteiger partial charge in [-0.25, -0.2) is 0 Å². The van der Waals surface area contributed by atoms with Gasteiger partial charge in [-0.15, -0.1) is 0 Å². The van der Waals surface area contributed by atoms with Crippen LogP contribution >= 0.6 is 22.6 Å². The molecule has 0 aliphatic rings. The number of ether oxygens (including phenoxy) is 2. The minimum atomic E-state index is -0.727. The third-order valence-corrected chi connectivity index (χ3v) is 4.11. The minimum Gasteiger partial charge on any atom is -0.493 e. The van der Waals surface area contributed by atoms with Crippen LogP contribution in [0.1, 0.15) is 19.4 Å². The summed E-state index contributed by atoms with van der Waals surface area (Å²) in [7, 11) is 1.58. The SMILES string of the molecule is CCOc1ccc(/C=N/OC(C)C(=O)Nc2ccc(I)cc2)cc1OC. The summed E-state index contributed by atoms with van der Waals surface area (Å²) >= 11 is 2.21. The third kappa shape index (κ3) is 5.91. The molecule has 0 heterocycles. The van der Waals surface area contributed by atoms with Gasteiger partial charge in [0.25, 0.3) is 5.91 Å². The number of amides is 1. The Balaban J connectivity index is 1.92. The smallest absolute Gasteiger partial charge is 0.267 e. The van der Waals surface area contributed by atoms with Gasteiger partial charge in [-0.2, -0.15) is 0 Å². The van der Waals surface area contributed by atoms with Gasteiger partial charge in [0.2, 0.25) is 6.10 Å². The fourth-order valence-corrected chi connectivity index (χ4v) is 2.41. The van der Waals surface area contributed by atoms with Gasteiger partial charge < -0.3 is 19.6 Å². The van der Waals surface area contributed by atoms with Crippen molar-refractivity contribution >= 4 is 40.4 Å². The molecule has 0 aliphatic heterocycles. The molecule has 26 heavy (non-hydrogen) atoms. The number of rotatable bonds is 8. The summed E-state index contributed by atoms with van der Waals surface area (Å²) in [4.78, 5) is 17.3. The quantitative estimate of drug-likeness (QED) is 0.360. The lowest BCUT2D eigenvalue weighted by molar-refractivity contribution is -0.126. The van der Waals surface area contributed by atoms with E-state index >= 15 is 0 Å². The van der Waals surface area contributed by atoms with Crippen molar-refractivity contribution in [1.29, 1.82) is 0 Å². The number of methoxy groups -OCH3 is 1. The average molecular weight is 468 g/mol. The highest BCUT2D eigenvalue weighted by Crippen LogP contribution is 2.27. The zero-order valence-corrected chi connectivity index (χ0v) is 17.0. The first kappa shape index (κ1) is 20.0. The molecular weight excluding hydrogens is 447 g/mol. The molecule has 1 amide bonds. The van der Waals surface area contributed by atoms with Gasteiger partial charge in [-0.3, -0.25) is 4.79 Å². The Labute approximate surface area is 166 Å². The second-order valence-electron chi connectivity index (χ2n) is 5.32. The molecular formula is C19H21IN2O4. The molecule has 0 bridgehead atoms. The van der Waals surface area contributed by atoms with E-state index in [1.807, 2.05) is 37.3 Å². The number of hydrogen-bond acceptors (Lipinski definition) is 5. The van der Waals surface area contributed by atoms with E-state index in [1.54, 1.807) is 26.2 Å². The summed E-state index contributed by atoms with van der Waals surface area (Å²) < 4.78 is 11.9. The molecule has 0 aliphatic carbocycles. The normalized spacial score (nSPS) is 11.8. The Morgan fingerprint density at radius 1 is 1.23 bits per heavy atom. The maximum atomic E-state index is 12.1. The maximum absolute atomic E-state index is 12.1. The topological polar surface area (TPSA) is 69.2 Å². The number of benzene rings is 2.